The lowest BCUT2D eigenvalue weighted by molar-refractivity contribution is 0.160. The molecule has 0 spiro atoms. The fourth-order valence-corrected chi connectivity index (χ4v) is 2.99. The Kier molecular flexibility index (Phi) is 5.89. The average molecular weight is 278 g/mol. The van der Waals surface area contributed by atoms with Gasteiger partial charge in [0, 0.05) is 38.1 Å². The molecule has 2 rings (SSSR count). The van der Waals surface area contributed by atoms with Crippen molar-refractivity contribution in [2.75, 3.05) is 25.0 Å². The summed E-state index contributed by atoms with van der Waals surface area (Å²) < 4.78 is 2.22. The highest BCUT2D eigenvalue weighted by molar-refractivity contribution is 5.25. The minimum Gasteiger partial charge on any atom is -0.356 e. The quantitative estimate of drug-likeness (QED) is 0.777. The van der Waals surface area contributed by atoms with Gasteiger partial charge in [-0.25, -0.2) is 4.98 Å². The van der Waals surface area contributed by atoms with Crippen LogP contribution in [0.1, 0.15) is 46.5 Å². The first kappa shape index (κ1) is 15.4. The second-order valence-corrected chi connectivity index (χ2v) is 6.46. The Morgan fingerprint density at radius 3 is 3.00 bits per heavy atom. The number of imidazole rings is 1. The molecule has 4 heteroatoms. The molecule has 20 heavy (non-hydrogen) atoms. The maximum absolute atomic E-state index is 4.41. The van der Waals surface area contributed by atoms with Crippen LogP contribution in [-0.2, 0) is 6.54 Å². The molecule has 4 nitrogen and oxygen atoms in total. The number of nitrogens with one attached hydrogen (secondary N) is 1. The first-order chi connectivity index (χ1) is 9.66. The highest BCUT2D eigenvalue weighted by atomic mass is 15.2. The second kappa shape index (κ2) is 7.67. The lowest BCUT2D eigenvalue weighted by Crippen LogP contribution is -2.38. The van der Waals surface area contributed by atoms with E-state index in [0.29, 0.717) is 5.92 Å². The van der Waals surface area contributed by atoms with Gasteiger partial charge in [-0.2, -0.15) is 0 Å². The van der Waals surface area contributed by atoms with Crippen LogP contribution < -0.4 is 5.32 Å². The van der Waals surface area contributed by atoms with E-state index in [0.717, 1.165) is 25.1 Å². The third-order valence-electron chi connectivity index (χ3n) is 4.12. The van der Waals surface area contributed by atoms with E-state index >= 15 is 0 Å². The van der Waals surface area contributed by atoms with Crippen LogP contribution in [0.3, 0.4) is 0 Å². The van der Waals surface area contributed by atoms with E-state index in [-0.39, 0.29) is 0 Å². The highest BCUT2D eigenvalue weighted by Crippen LogP contribution is 2.16. The van der Waals surface area contributed by atoms with Crippen LogP contribution in [0.5, 0.6) is 0 Å². The Morgan fingerprint density at radius 2 is 2.25 bits per heavy atom. The van der Waals surface area contributed by atoms with Gasteiger partial charge in [0.15, 0.2) is 0 Å². The zero-order valence-electron chi connectivity index (χ0n) is 13.3. The molecule has 0 radical (unpaired) electrons. The van der Waals surface area contributed by atoms with Crippen LogP contribution in [0.2, 0.25) is 0 Å². The van der Waals surface area contributed by atoms with E-state index < -0.39 is 0 Å². The Morgan fingerprint density at radius 1 is 1.40 bits per heavy atom. The summed E-state index contributed by atoms with van der Waals surface area (Å²) in [7, 11) is 0. The molecular formula is C16H30N4. The van der Waals surface area contributed by atoms with Crippen LogP contribution in [0.15, 0.2) is 12.4 Å². The summed E-state index contributed by atoms with van der Waals surface area (Å²) in [5, 5.41) is 3.48. The monoisotopic (exact) mass is 278 g/mol. The molecule has 0 aromatic carbocycles. The fourth-order valence-electron chi connectivity index (χ4n) is 2.99. The Bertz CT molecular complexity index is 386. The zero-order valence-corrected chi connectivity index (χ0v) is 13.3. The molecule has 1 atom stereocenters. The van der Waals surface area contributed by atoms with E-state index in [9.17, 15) is 0 Å². The molecule has 1 saturated heterocycles. The molecule has 2 heterocycles. The van der Waals surface area contributed by atoms with Crippen LogP contribution in [-0.4, -0.2) is 40.1 Å². The van der Waals surface area contributed by atoms with Gasteiger partial charge in [-0.05, 0) is 38.6 Å². The maximum Gasteiger partial charge on any atom is 0.202 e. The highest BCUT2D eigenvalue weighted by Gasteiger charge is 2.17. The first-order valence-corrected chi connectivity index (χ1v) is 8.16. The average Bonchev–Trinajstić information content (AvgIpc) is 2.83. The van der Waals surface area contributed by atoms with Gasteiger partial charge in [0.05, 0.1) is 0 Å². The SMILES string of the molecule is CC(C)Cn1ccnc1NCCCN1CCCCC1C. The number of hydrogen-bond acceptors (Lipinski definition) is 3. The summed E-state index contributed by atoms with van der Waals surface area (Å²) in [4.78, 5) is 7.04. The van der Waals surface area contributed by atoms with Crippen LogP contribution in [0.25, 0.3) is 0 Å². The normalized spacial score (nSPS) is 20.5. The van der Waals surface area contributed by atoms with Crippen LogP contribution >= 0.6 is 0 Å². The van der Waals surface area contributed by atoms with E-state index in [1.165, 1.54) is 38.8 Å². The molecular weight excluding hydrogens is 248 g/mol. The number of rotatable bonds is 7. The molecule has 1 unspecified atom stereocenters. The van der Waals surface area contributed by atoms with Crippen molar-refractivity contribution in [1.82, 2.24) is 14.5 Å². The molecule has 0 saturated carbocycles. The van der Waals surface area contributed by atoms with Gasteiger partial charge in [0.1, 0.15) is 0 Å². The number of hydrogen-bond donors (Lipinski definition) is 1. The number of likely N-dealkylation sites (tertiary alicyclic amines) is 1. The molecule has 1 aromatic heterocycles. The Balaban J connectivity index is 1.69. The third kappa shape index (κ3) is 4.51. The summed E-state index contributed by atoms with van der Waals surface area (Å²) in [5.41, 5.74) is 0. The third-order valence-corrected chi connectivity index (χ3v) is 4.12. The molecule has 0 aliphatic carbocycles. The summed E-state index contributed by atoms with van der Waals surface area (Å²) in [6.45, 7) is 11.4. The van der Waals surface area contributed by atoms with Gasteiger partial charge in [-0.15, -0.1) is 0 Å². The van der Waals surface area contributed by atoms with Crippen LogP contribution in [0.4, 0.5) is 5.95 Å². The smallest absolute Gasteiger partial charge is 0.202 e. The van der Waals surface area contributed by atoms with Crippen molar-refractivity contribution in [3.8, 4) is 0 Å². The number of aromatic nitrogens is 2. The molecule has 1 aromatic rings. The van der Waals surface area contributed by atoms with Gasteiger partial charge in [-0.3, -0.25) is 0 Å². The predicted octanol–water partition coefficient (Wildman–Crippen LogP) is 3.22. The lowest BCUT2D eigenvalue weighted by atomic mass is 10.0. The molecule has 1 fully saturated rings. The summed E-state index contributed by atoms with van der Waals surface area (Å²) in [6.07, 6.45) is 9.29. The first-order valence-electron chi connectivity index (χ1n) is 8.16. The van der Waals surface area contributed by atoms with Crippen molar-refractivity contribution in [3.63, 3.8) is 0 Å². The number of piperidine rings is 1. The zero-order chi connectivity index (χ0) is 14.4. The van der Waals surface area contributed by atoms with Crippen molar-refractivity contribution in [1.29, 1.82) is 0 Å². The molecule has 114 valence electrons. The second-order valence-electron chi connectivity index (χ2n) is 6.46. The molecule has 1 aliphatic heterocycles. The standard InChI is InChI=1S/C16H30N4/c1-14(2)13-20-12-9-18-16(20)17-8-6-11-19-10-5-4-7-15(19)3/h9,12,14-15H,4-8,10-11,13H2,1-3H3,(H,17,18). The van der Waals surface area contributed by atoms with Gasteiger partial charge in [0.25, 0.3) is 0 Å². The largest absolute Gasteiger partial charge is 0.356 e. The predicted molar refractivity (Wildman–Crippen MR) is 85.1 cm³/mol. The molecule has 1 N–H and O–H groups in total. The van der Waals surface area contributed by atoms with E-state index in [1.807, 2.05) is 6.20 Å². The Labute approximate surface area is 123 Å². The minimum atomic E-state index is 0.652. The topological polar surface area (TPSA) is 33.1 Å². The summed E-state index contributed by atoms with van der Waals surface area (Å²) in [5.74, 6) is 1.67. The van der Waals surface area contributed by atoms with Crippen LogP contribution in [0, 0.1) is 5.92 Å². The summed E-state index contributed by atoms with van der Waals surface area (Å²) in [6, 6.07) is 0.770. The van der Waals surface area contributed by atoms with Gasteiger partial charge in [0.2, 0.25) is 5.95 Å². The van der Waals surface area contributed by atoms with E-state index in [4.69, 9.17) is 0 Å². The van der Waals surface area contributed by atoms with Gasteiger partial charge >= 0.3 is 0 Å². The van der Waals surface area contributed by atoms with Crippen molar-refractivity contribution in [2.45, 2.75) is 59.0 Å². The molecule has 0 bridgehead atoms. The summed E-state index contributed by atoms with van der Waals surface area (Å²) >= 11 is 0. The molecule has 1 aliphatic rings. The lowest BCUT2D eigenvalue weighted by Gasteiger charge is -2.33. The van der Waals surface area contributed by atoms with Crippen molar-refractivity contribution in [3.05, 3.63) is 12.4 Å². The fraction of sp³-hybridized carbons (Fsp3) is 0.812. The van der Waals surface area contributed by atoms with Crippen molar-refractivity contribution >= 4 is 5.95 Å². The van der Waals surface area contributed by atoms with Crippen molar-refractivity contribution < 1.29 is 0 Å². The Hall–Kier alpha value is -1.03. The number of nitrogens with zero attached hydrogens (tertiary/aromatic N) is 3. The molecule has 0 amide bonds. The number of anilines is 1. The van der Waals surface area contributed by atoms with Gasteiger partial charge in [-0.1, -0.05) is 20.3 Å². The van der Waals surface area contributed by atoms with E-state index in [2.05, 4.69) is 46.7 Å². The maximum atomic E-state index is 4.41. The minimum absolute atomic E-state index is 0.652. The van der Waals surface area contributed by atoms with Crippen molar-refractivity contribution in [2.24, 2.45) is 5.92 Å². The van der Waals surface area contributed by atoms with Gasteiger partial charge < -0.3 is 14.8 Å². The van der Waals surface area contributed by atoms with E-state index in [1.54, 1.807) is 0 Å².